The van der Waals surface area contributed by atoms with Crippen LogP contribution in [-0.2, 0) is 0 Å². The summed E-state index contributed by atoms with van der Waals surface area (Å²) in [6.07, 6.45) is 4.24. The second kappa shape index (κ2) is 3.19. The number of rotatable bonds is 1. The van der Waals surface area contributed by atoms with Crippen molar-refractivity contribution in [3.05, 3.63) is 0 Å². The molecule has 3 N–H and O–H groups in total. The van der Waals surface area contributed by atoms with Gasteiger partial charge in [-0.2, -0.15) is 0 Å². The van der Waals surface area contributed by atoms with Crippen molar-refractivity contribution in [2.45, 2.75) is 56.7 Å². The van der Waals surface area contributed by atoms with Crippen molar-refractivity contribution in [1.29, 1.82) is 0 Å². The third kappa shape index (κ3) is 1.38. The van der Waals surface area contributed by atoms with Crippen LogP contribution in [0.3, 0.4) is 0 Å². The van der Waals surface area contributed by atoms with Crippen molar-refractivity contribution < 1.29 is 5.11 Å². The number of aliphatic hydroxyl groups is 1. The third-order valence-electron chi connectivity index (χ3n) is 4.41. The van der Waals surface area contributed by atoms with Gasteiger partial charge in [0.1, 0.15) is 0 Å². The lowest BCUT2D eigenvalue weighted by molar-refractivity contribution is -0.0644. The summed E-state index contributed by atoms with van der Waals surface area (Å²) in [7, 11) is 0. The van der Waals surface area contributed by atoms with Crippen LogP contribution in [0.15, 0.2) is 0 Å². The molecule has 0 bridgehead atoms. The Morgan fingerprint density at radius 1 is 1.36 bits per heavy atom. The Morgan fingerprint density at radius 3 is 2.50 bits per heavy atom. The molecule has 3 heteroatoms. The van der Waals surface area contributed by atoms with Crippen LogP contribution in [0.25, 0.3) is 0 Å². The molecule has 3 nitrogen and oxygen atoms in total. The molecule has 0 amide bonds. The largest absolute Gasteiger partial charge is 0.388 e. The molecule has 0 spiro atoms. The molecule has 1 aliphatic heterocycles. The molecular weight excluding hydrogens is 176 g/mol. The van der Waals surface area contributed by atoms with Crippen molar-refractivity contribution in [1.82, 2.24) is 4.90 Å². The van der Waals surface area contributed by atoms with E-state index in [-0.39, 0.29) is 5.54 Å². The topological polar surface area (TPSA) is 49.5 Å². The summed E-state index contributed by atoms with van der Waals surface area (Å²) >= 11 is 0. The lowest BCUT2D eigenvalue weighted by atomic mass is 9.84. The van der Waals surface area contributed by atoms with Gasteiger partial charge in [-0.25, -0.2) is 0 Å². The summed E-state index contributed by atoms with van der Waals surface area (Å²) in [5.41, 5.74) is 5.35. The van der Waals surface area contributed by atoms with E-state index >= 15 is 0 Å². The molecule has 1 heterocycles. The SMILES string of the molecule is CC1(O)CCCC1(C)N1CC[C@H](N)C1. The first kappa shape index (κ1) is 10.4. The molecular formula is C11H22N2O. The van der Waals surface area contributed by atoms with E-state index < -0.39 is 5.60 Å². The molecule has 1 aliphatic carbocycles. The third-order valence-corrected chi connectivity index (χ3v) is 4.41. The van der Waals surface area contributed by atoms with E-state index in [9.17, 15) is 5.11 Å². The lowest BCUT2D eigenvalue weighted by Crippen LogP contribution is -2.57. The predicted molar refractivity (Wildman–Crippen MR) is 57.0 cm³/mol. The Morgan fingerprint density at radius 2 is 2.07 bits per heavy atom. The van der Waals surface area contributed by atoms with Gasteiger partial charge < -0.3 is 10.8 Å². The molecule has 2 fully saturated rings. The van der Waals surface area contributed by atoms with Crippen LogP contribution < -0.4 is 5.73 Å². The van der Waals surface area contributed by atoms with Gasteiger partial charge in [-0.1, -0.05) is 0 Å². The standard InChI is InChI=1S/C11H22N2O/c1-10(5-3-6-11(10,2)14)13-7-4-9(12)8-13/h9,14H,3-8,12H2,1-2H3/t9-,10?,11?/m0/s1. The number of nitrogens with zero attached hydrogens (tertiary/aromatic N) is 1. The summed E-state index contributed by atoms with van der Waals surface area (Å²) < 4.78 is 0. The van der Waals surface area contributed by atoms with Crippen LogP contribution in [0, 0.1) is 0 Å². The molecule has 0 radical (unpaired) electrons. The van der Waals surface area contributed by atoms with Crippen molar-refractivity contribution in [2.24, 2.45) is 5.73 Å². The van der Waals surface area contributed by atoms with E-state index in [2.05, 4.69) is 11.8 Å². The molecule has 1 saturated carbocycles. The normalized spacial score (nSPS) is 50.1. The molecule has 14 heavy (non-hydrogen) atoms. The highest BCUT2D eigenvalue weighted by Crippen LogP contribution is 2.44. The number of hydrogen-bond acceptors (Lipinski definition) is 3. The molecule has 0 aromatic heterocycles. The van der Waals surface area contributed by atoms with Crippen LogP contribution in [0.4, 0.5) is 0 Å². The van der Waals surface area contributed by atoms with Crippen LogP contribution >= 0.6 is 0 Å². The predicted octanol–water partition coefficient (Wildman–Crippen LogP) is 0.713. The van der Waals surface area contributed by atoms with E-state index in [1.165, 1.54) is 0 Å². The van der Waals surface area contributed by atoms with E-state index in [0.717, 1.165) is 38.8 Å². The zero-order valence-electron chi connectivity index (χ0n) is 9.29. The van der Waals surface area contributed by atoms with Gasteiger partial charge in [0.2, 0.25) is 0 Å². The summed E-state index contributed by atoms with van der Waals surface area (Å²) in [5, 5.41) is 10.4. The second-order valence-corrected chi connectivity index (χ2v) is 5.40. The molecule has 1 saturated heterocycles. The van der Waals surface area contributed by atoms with Gasteiger partial charge in [-0.3, -0.25) is 4.90 Å². The second-order valence-electron chi connectivity index (χ2n) is 5.40. The van der Waals surface area contributed by atoms with Crippen LogP contribution in [-0.4, -0.2) is 40.3 Å². The summed E-state index contributed by atoms with van der Waals surface area (Å²) in [6.45, 7) is 6.17. The number of likely N-dealkylation sites (tertiary alicyclic amines) is 1. The summed E-state index contributed by atoms with van der Waals surface area (Å²) in [4.78, 5) is 2.39. The highest BCUT2D eigenvalue weighted by molar-refractivity contribution is 5.08. The van der Waals surface area contributed by atoms with Crippen LogP contribution in [0.5, 0.6) is 0 Å². The zero-order chi connectivity index (χ0) is 10.4. The summed E-state index contributed by atoms with van der Waals surface area (Å²) in [6, 6.07) is 0.309. The maximum absolute atomic E-state index is 10.4. The number of hydrogen-bond donors (Lipinski definition) is 2. The fourth-order valence-corrected chi connectivity index (χ4v) is 3.05. The Balaban J connectivity index is 2.15. The Hall–Kier alpha value is -0.120. The summed E-state index contributed by atoms with van der Waals surface area (Å²) in [5.74, 6) is 0. The minimum absolute atomic E-state index is 0.0406. The molecule has 0 aromatic carbocycles. The first-order chi connectivity index (χ1) is 6.46. The highest BCUT2D eigenvalue weighted by Gasteiger charge is 2.51. The van der Waals surface area contributed by atoms with Gasteiger partial charge in [-0.15, -0.1) is 0 Å². The fraction of sp³-hybridized carbons (Fsp3) is 1.00. The molecule has 0 aromatic rings. The first-order valence-electron chi connectivity index (χ1n) is 5.69. The van der Waals surface area contributed by atoms with Crippen molar-refractivity contribution in [3.63, 3.8) is 0 Å². The quantitative estimate of drug-likeness (QED) is 0.652. The molecule has 82 valence electrons. The smallest absolute Gasteiger partial charge is 0.0799 e. The Kier molecular flexibility index (Phi) is 2.37. The highest BCUT2D eigenvalue weighted by atomic mass is 16.3. The molecule has 3 atom stereocenters. The minimum atomic E-state index is -0.531. The van der Waals surface area contributed by atoms with Crippen molar-refractivity contribution in [3.8, 4) is 0 Å². The maximum Gasteiger partial charge on any atom is 0.0799 e. The van der Waals surface area contributed by atoms with Gasteiger partial charge in [0.05, 0.1) is 5.60 Å². The average molecular weight is 198 g/mol. The van der Waals surface area contributed by atoms with Gasteiger partial charge in [-0.05, 0) is 39.5 Å². The first-order valence-corrected chi connectivity index (χ1v) is 5.69. The molecule has 2 aliphatic rings. The number of nitrogens with two attached hydrogens (primary N) is 1. The monoisotopic (exact) mass is 198 g/mol. The fourth-order valence-electron chi connectivity index (χ4n) is 3.05. The Labute approximate surface area is 86.3 Å². The van der Waals surface area contributed by atoms with Crippen LogP contribution in [0.2, 0.25) is 0 Å². The van der Waals surface area contributed by atoms with Crippen molar-refractivity contribution in [2.75, 3.05) is 13.1 Å². The van der Waals surface area contributed by atoms with Crippen LogP contribution in [0.1, 0.15) is 39.5 Å². The van der Waals surface area contributed by atoms with Gasteiger partial charge >= 0.3 is 0 Å². The average Bonchev–Trinajstić information content (AvgIpc) is 2.60. The van der Waals surface area contributed by atoms with E-state index in [0.29, 0.717) is 6.04 Å². The van der Waals surface area contributed by atoms with Gasteiger partial charge in [0.25, 0.3) is 0 Å². The van der Waals surface area contributed by atoms with E-state index in [1.807, 2.05) is 6.92 Å². The zero-order valence-corrected chi connectivity index (χ0v) is 9.29. The van der Waals surface area contributed by atoms with E-state index in [4.69, 9.17) is 5.73 Å². The maximum atomic E-state index is 10.4. The van der Waals surface area contributed by atoms with E-state index in [1.54, 1.807) is 0 Å². The van der Waals surface area contributed by atoms with Gasteiger partial charge in [0.15, 0.2) is 0 Å². The Bertz CT molecular complexity index is 229. The molecule has 2 rings (SSSR count). The minimum Gasteiger partial charge on any atom is -0.388 e. The molecule has 2 unspecified atom stereocenters. The van der Waals surface area contributed by atoms with Gasteiger partial charge in [0, 0.05) is 24.7 Å². The van der Waals surface area contributed by atoms with Crippen molar-refractivity contribution >= 4 is 0 Å². The lowest BCUT2D eigenvalue weighted by Gasteiger charge is -2.44.